The van der Waals surface area contributed by atoms with E-state index in [1.165, 1.54) is 23.9 Å². The number of pyridine rings is 1. The smallest absolute Gasteiger partial charge is 0.129 e. The van der Waals surface area contributed by atoms with Crippen LogP contribution in [0.2, 0.25) is 0 Å². The zero-order chi connectivity index (χ0) is 23.9. The van der Waals surface area contributed by atoms with Crippen LogP contribution < -0.4 is 10.2 Å². The first kappa shape index (κ1) is 21.6. The maximum Gasteiger partial charge on any atom is 0.129 e. The lowest BCUT2D eigenvalue weighted by atomic mass is 10.0. The molecule has 0 radical (unpaired) electrons. The minimum absolute atomic E-state index is 0.447. The van der Waals surface area contributed by atoms with Gasteiger partial charge in [-0.3, -0.25) is 4.98 Å². The molecule has 0 saturated carbocycles. The average Bonchev–Trinajstić information content (AvgIpc) is 3.58. The molecule has 2 aliphatic heterocycles. The van der Waals surface area contributed by atoms with Crippen LogP contribution in [0.4, 0.5) is 5.82 Å². The van der Waals surface area contributed by atoms with Crippen molar-refractivity contribution < 1.29 is 4.74 Å². The summed E-state index contributed by atoms with van der Waals surface area (Å²) in [5, 5.41) is 3.53. The third-order valence-corrected chi connectivity index (χ3v) is 7.53. The van der Waals surface area contributed by atoms with E-state index in [0.717, 1.165) is 85.4 Å². The highest BCUT2D eigenvalue weighted by atomic mass is 16.5. The van der Waals surface area contributed by atoms with Gasteiger partial charge in [0.2, 0.25) is 0 Å². The lowest BCUT2D eigenvalue weighted by Gasteiger charge is -2.28. The molecule has 4 aromatic rings. The normalized spacial score (nSPS) is 19.9. The van der Waals surface area contributed by atoms with Crippen molar-refractivity contribution >= 4 is 22.4 Å². The molecule has 3 aliphatic rings. The Labute approximate surface area is 210 Å². The Morgan fingerprint density at radius 2 is 1.94 bits per heavy atom. The van der Waals surface area contributed by atoms with E-state index in [4.69, 9.17) is 14.7 Å². The third kappa shape index (κ3) is 3.86. The summed E-state index contributed by atoms with van der Waals surface area (Å²) in [6.45, 7) is 5.28. The van der Waals surface area contributed by atoms with Gasteiger partial charge in [0.15, 0.2) is 0 Å². The Bertz CT molecular complexity index is 1450. The Morgan fingerprint density at radius 3 is 2.83 bits per heavy atom. The number of nitrogens with zero attached hydrogens (tertiary/aromatic N) is 6. The molecule has 8 nitrogen and oxygen atoms in total. The fourth-order valence-electron chi connectivity index (χ4n) is 5.57. The lowest BCUT2D eigenvalue weighted by molar-refractivity contribution is 0.122. The van der Waals surface area contributed by atoms with Crippen molar-refractivity contribution in [3.8, 4) is 11.3 Å². The number of hydrogen-bond donors (Lipinski definition) is 1. The highest BCUT2D eigenvalue weighted by Gasteiger charge is 2.22. The number of benzene rings is 1. The maximum absolute atomic E-state index is 5.50. The van der Waals surface area contributed by atoms with Gasteiger partial charge in [-0.1, -0.05) is 12.1 Å². The first-order valence-corrected chi connectivity index (χ1v) is 12.9. The van der Waals surface area contributed by atoms with E-state index < -0.39 is 0 Å². The van der Waals surface area contributed by atoms with Crippen LogP contribution in [-0.4, -0.2) is 63.9 Å². The molecule has 1 N–H and O–H groups in total. The van der Waals surface area contributed by atoms with Crippen molar-refractivity contribution in [2.45, 2.75) is 25.3 Å². The number of hydrogen-bond acceptors (Lipinski definition) is 7. The van der Waals surface area contributed by atoms with Crippen molar-refractivity contribution in [3.63, 3.8) is 0 Å². The van der Waals surface area contributed by atoms with Crippen molar-refractivity contribution in [2.24, 2.45) is 0 Å². The summed E-state index contributed by atoms with van der Waals surface area (Å²) in [6, 6.07) is 11.1. The number of morpholine rings is 1. The summed E-state index contributed by atoms with van der Waals surface area (Å²) in [7, 11) is 0. The maximum atomic E-state index is 5.50. The molecule has 5 heterocycles. The second-order valence-corrected chi connectivity index (χ2v) is 9.73. The SMILES string of the molecule is C1=C(c2ccc3ncn(C4CCCNC4)c3c2)c2nc(-c3ccnc(N4CCOCC4)c3)cnc2C1. The van der Waals surface area contributed by atoms with Crippen LogP contribution in [0.1, 0.15) is 35.8 Å². The molecule has 1 aliphatic carbocycles. The van der Waals surface area contributed by atoms with Crippen molar-refractivity contribution in [2.75, 3.05) is 44.3 Å². The van der Waals surface area contributed by atoms with Crippen LogP contribution in [-0.2, 0) is 11.2 Å². The summed E-state index contributed by atoms with van der Waals surface area (Å²) in [4.78, 5) is 21.4. The number of fused-ring (bicyclic) bond motifs is 2. The first-order chi connectivity index (χ1) is 17.8. The predicted molar refractivity (Wildman–Crippen MR) is 140 cm³/mol. The Kier molecular flexibility index (Phi) is 5.48. The zero-order valence-electron chi connectivity index (χ0n) is 20.2. The van der Waals surface area contributed by atoms with Crippen molar-refractivity contribution in [3.05, 3.63) is 72.1 Å². The highest BCUT2D eigenvalue weighted by Crippen LogP contribution is 2.34. The number of ether oxygens (including phenoxy) is 1. The molecule has 3 aromatic heterocycles. The second-order valence-electron chi connectivity index (χ2n) is 9.73. The van der Waals surface area contributed by atoms with Crippen LogP contribution in [0.5, 0.6) is 0 Å². The van der Waals surface area contributed by atoms with Gasteiger partial charge < -0.3 is 19.5 Å². The summed E-state index contributed by atoms with van der Waals surface area (Å²) < 4.78 is 7.84. The molecule has 7 rings (SSSR count). The fourth-order valence-corrected chi connectivity index (χ4v) is 5.57. The average molecular weight is 480 g/mol. The van der Waals surface area contributed by atoms with Gasteiger partial charge in [-0.2, -0.15) is 0 Å². The van der Waals surface area contributed by atoms with Crippen LogP contribution in [0.3, 0.4) is 0 Å². The lowest BCUT2D eigenvalue weighted by Crippen LogP contribution is -2.36. The monoisotopic (exact) mass is 479 g/mol. The second kappa shape index (κ2) is 9.11. The molecular formula is C28H29N7O. The van der Waals surface area contributed by atoms with Gasteiger partial charge in [0.05, 0.1) is 53.9 Å². The van der Waals surface area contributed by atoms with E-state index in [2.05, 4.69) is 55.1 Å². The molecule has 0 spiro atoms. The number of piperidine rings is 1. The third-order valence-electron chi connectivity index (χ3n) is 7.53. The number of anilines is 1. The topological polar surface area (TPSA) is 81.0 Å². The molecule has 2 saturated heterocycles. The Balaban J connectivity index is 1.22. The Hall–Kier alpha value is -3.62. The van der Waals surface area contributed by atoms with E-state index in [1.54, 1.807) is 0 Å². The summed E-state index contributed by atoms with van der Waals surface area (Å²) in [5.74, 6) is 0.963. The summed E-state index contributed by atoms with van der Waals surface area (Å²) in [6.07, 6.45) is 11.2. The van der Waals surface area contributed by atoms with Gasteiger partial charge in [0.1, 0.15) is 5.82 Å². The van der Waals surface area contributed by atoms with Gasteiger partial charge >= 0.3 is 0 Å². The number of allylic oxidation sites excluding steroid dienone is 1. The fraction of sp³-hybridized carbons (Fsp3) is 0.357. The zero-order valence-corrected chi connectivity index (χ0v) is 20.2. The minimum Gasteiger partial charge on any atom is -0.378 e. The van der Waals surface area contributed by atoms with Gasteiger partial charge in [-0.05, 0) is 49.2 Å². The first-order valence-electron chi connectivity index (χ1n) is 12.9. The van der Waals surface area contributed by atoms with E-state index in [-0.39, 0.29) is 0 Å². The summed E-state index contributed by atoms with van der Waals surface area (Å²) in [5.41, 5.74) is 8.45. The van der Waals surface area contributed by atoms with Crippen molar-refractivity contribution in [1.29, 1.82) is 0 Å². The number of aromatic nitrogens is 5. The van der Waals surface area contributed by atoms with E-state index in [9.17, 15) is 0 Å². The van der Waals surface area contributed by atoms with Crippen molar-refractivity contribution in [1.82, 2.24) is 29.8 Å². The van der Waals surface area contributed by atoms with E-state index in [1.807, 2.05) is 24.8 Å². The molecule has 0 amide bonds. The van der Waals surface area contributed by atoms with Crippen LogP contribution in [0, 0.1) is 0 Å². The largest absolute Gasteiger partial charge is 0.378 e. The van der Waals surface area contributed by atoms with Gasteiger partial charge in [0, 0.05) is 49.4 Å². The Morgan fingerprint density at radius 1 is 1.00 bits per heavy atom. The molecule has 8 heteroatoms. The molecule has 1 aromatic carbocycles. The van der Waals surface area contributed by atoms with Gasteiger partial charge in [0.25, 0.3) is 0 Å². The number of imidazole rings is 1. The van der Waals surface area contributed by atoms with E-state index >= 15 is 0 Å². The molecular weight excluding hydrogens is 450 g/mol. The molecule has 1 unspecified atom stereocenters. The molecule has 182 valence electrons. The standard InChI is InChI=1S/C28H29N7O/c1-2-21(16-29-8-1)35-18-32-23-5-3-19(14-26(23)35)22-4-6-24-28(22)33-25(17-31-24)20-7-9-30-27(15-20)34-10-12-36-13-11-34/h3-5,7,9,14-15,17-18,21,29H,1-2,6,8,10-13,16H2. The summed E-state index contributed by atoms with van der Waals surface area (Å²) >= 11 is 0. The van der Waals surface area contributed by atoms with Crippen LogP contribution in [0.15, 0.2) is 55.1 Å². The van der Waals surface area contributed by atoms with Gasteiger partial charge in [-0.25, -0.2) is 15.0 Å². The molecule has 2 fully saturated rings. The number of nitrogens with one attached hydrogen (secondary N) is 1. The van der Waals surface area contributed by atoms with Gasteiger partial charge in [-0.15, -0.1) is 0 Å². The van der Waals surface area contributed by atoms with Crippen LogP contribution in [0.25, 0.3) is 27.9 Å². The van der Waals surface area contributed by atoms with Crippen LogP contribution >= 0.6 is 0 Å². The minimum atomic E-state index is 0.447. The molecule has 36 heavy (non-hydrogen) atoms. The van der Waals surface area contributed by atoms with E-state index in [0.29, 0.717) is 6.04 Å². The number of rotatable bonds is 4. The quantitative estimate of drug-likeness (QED) is 0.479. The highest BCUT2D eigenvalue weighted by molar-refractivity contribution is 5.88. The molecule has 0 bridgehead atoms. The predicted octanol–water partition coefficient (Wildman–Crippen LogP) is 3.64. The molecule has 1 atom stereocenters.